The van der Waals surface area contributed by atoms with Crippen LogP contribution in [0, 0.1) is 0 Å². The minimum absolute atomic E-state index is 0.154. The molecule has 0 bridgehead atoms. The molecule has 1 aromatic heterocycles. The van der Waals surface area contributed by atoms with Gasteiger partial charge in [0.2, 0.25) is 0 Å². The average Bonchev–Trinajstić information content (AvgIpc) is 2.39. The number of hydrogen-bond donors (Lipinski definition) is 1. The van der Waals surface area contributed by atoms with E-state index in [0.29, 0.717) is 12.1 Å². The van der Waals surface area contributed by atoms with Gasteiger partial charge in [-0.05, 0) is 25.5 Å². The molecular weight excluding hydrogens is 232 g/mol. The molecule has 18 heavy (non-hydrogen) atoms. The zero-order valence-corrected chi connectivity index (χ0v) is 11.1. The zero-order chi connectivity index (χ0) is 13.5. The molecule has 1 N–H and O–H groups in total. The first-order valence-electron chi connectivity index (χ1n) is 6.01. The highest BCUT2D eigenvalue weighted by Gasteiger charge is 2.12. The van der Waals surface area contributed by atoms with E-state index in [0.717, 1.165) is 18.9 Å². The topological polar surface area (TPSA) is 69.6 Å². The molecule has 0 saturated carbocycles. The maximum atomic E-state index is 11.6. The van der Waals surface area contributed by atoms with E-state index in [1.807, 2.05) is 11.8 Å². The number of hydrogen-bond acceptors (Lipinski definition) is 5. The first kappa shape index (κ1) is 14.4. The van der Waals surface area contributed by atoms with Crippen LogP contribution in [0.25, 0.3) is 0 Å². The Hall–Kier alpha value is -1.69. The molecule has 1 heterocycles. The second kappa shape index (κ2) is 6.90. The van der Waals surface area contributed by atoms with Crippen molar-refractivity contribution in [1.82, 2.24) is 15.1 Å². The molecule has 100 valence electrons. The molecule has 0 aromatic carbocycles. The van der Waals surface area contributed by atoms with Crippen LogP contribution >= 0.6 is 0 Å². The molecule has 6 heteroatoms. The fourth-order valence-corrected chi connectivity index (χ4v) is 1.53. The van der Waals surface area contributed by atoms with Crippen LogP contribution in [0.4, 0.5) is 5.82 Å². The van der Waals surface area contributed by atoms with Gasteiger partial charge < -0.3 is 14.9 Å². The van der Waals surface area contributed by atoms with Gasteiger partial charge in [0.25, 0.3) is 5.91 Å². The van der Waals surface area contributed by atoms with E-state index >= 15 is 0 Å². The number of aromatic nitrogens is 2. The quantitative estimate of drug-likeness (QED) is 0.793. The summed E-state index contributed by atoms with van der Waals surface area (Å²) in [6.45, 7) is 3.68. The molecule has 0 saturated heterocycles. The second-order valence-electron chi connectivity index (χ2n) is 4.13. The maximum absolute atomic E-state index is 11.6. The summed E-state index contributed by atoms with van der Waals surface area (Å²) in [5, 5.41) is 16.8. The highest BCUT2D eigenvalue weighted by molar-refractivity contribution is 5.91. The van der Waals surface area contributed by atoms with Crippen LogP contribution in [0.3, 0.4) is 0 Å². The predicted molar refractivity (Wildman–Crippen MR) is 69.6 cm³/mol. The molecule has 0 atom stereocenters. The van der Waals surface area contributed by atoms with E-state index in [1.54, 1.807) is 26.2 Å². The molecule has 0 spiro atoms. The van der Waals surface area contributed by atoms with Crippen LogP contribution in [0.5, 0.6) is 0 Å². The molecule has 0 unspecified atom stereocenters. The normalized spacial score (nSPS) is 10.2. The summed E-state index contributed by atoms with van der Waals surface area (Å²) in [6, 6.07) is 3.46. The Balaban J connectivity index is 2.77. The van der Waals surface area contributed by atoms with Crippen LogP contribution in [-0.4, -0.2) is 59.9 Å². The van der Waals surface area contributed by atoms with Gasteiger partial charge in [-0.2, -0.15) is 0 Å². The molecule has 1 aromatic rings. The van der Waals surface area contributed by atoms with E-state index in [1.165, 1.54) is 4.90 Å². The number of aliphatic hydroxyl groups excluding tert-OH is 1. The SMILES string of the molecule is CCN(CCCO)c1ccc(C(=O)N(C)C)nn1. The summed E-state index contributed by atoms with van der Waals surface area (Å²) in [6.07, 6.45) is 0.688. The number of anilines is 1. The molecule has 0 aliphatic heterocycles. The van der Waals surface area contributed by atoms with Crippen molar-refractivity contribution >= 4 is 11.7 Å². The average molecular weight is 252 g/mol. The molecule has 6 nitrogen and oxygen atoms in total. The summed E-state index contributed by atoms with van der Waals surface area (Å²) in [7, 11) is 3.36. The molecule has 0 fully saturated rings. The van der Waals surface area contributed by atoms with Gasteiger partial charge in [-0.1, -0.05) is 0 Å². The summed E-state index contributed by atoms with van der Waals surface area (Å²) < 4.78 is 0. The lowest BCUT2D eigenvalue weighted by Gasteiger charge is -2.20. The van der Waals surface area contributed by atoms with Gasteiger partial charge >= 0.3 is 0 Å². The number of nitrogens with zero attached hydrogens (tertiary/aromatic N) is 4. The highest BCUT2D eigenvalue weighted by atomic mass is 16.3. The zero-order valence-electron chi connectivity index (χ0n) is 11.1. The lowest BCUT2D eigenvalue weighted by Crippen LogP contribution is -2.27. The molecule has 0 aliphatic rings. The van der Waals surface area contributed by atoms with Gasteiger partial charge in [-0.15, -0.1) is 10.2 Å². The lowest BCUT2D eigenvalue weighted by molar-refractivity contribution is 0.0821. The van der Waals surface area contributed by atoms with Crippen molar-refractivity contribution in [2.24, 2.45) is 0 Å². The highest BCUT2D eigenvalue weighted by Crippen LogP contribution is 2.10. The maximum Gasteiger partial charge on any atom is 0.273 e. The second-order valence-corrected chi connectivity index (χ2v) is 4.13. The standard InChI is InChI=1S/C12H20N4O2/c1-4-16(8-5-9-17)11-7-6-10(13-14-11)12(18)15(2)3/h6-7,17H,4-5,8-9H2,1-3H3. The predicted octanol–water partition coefficient (Wildman–Crippen LogP) is 0.387. The summed E-state index contributed by atoms with van der Waals surface area (Å²) in [5.41, 5.74) is 0.335. The number of amides is 1. The van der Waals surface area contributed by atoms with E-state index in [9.17, 15) is 4.79 Å². The van der Waals surface area contributed by atoms with Crippen molar-refractivity contribution in [3.05, 3.63) is 17.8 Å². The minimum atomic E-state index is -0.160. The number of carbonyl (C=O) groups excluding carboxylic acids is 1. The van der Waals surface area contributed by atoms with Crippen molar-refractivity contribution in [3.8, 4) is 0 Å². The van der Waals surface area contributed by atoms with Gasteiger partial charge in [0, 0.05) is 33.8 Å². The van der Waals surface area contributed by atoms with E-state index in [4.69, 9.17) is 5.11 Å². The Morgan fingerprint density at radius 3 is 2.50 bits per heavy atom. The Bertz CT molecular complexity index is 378. The molecular formula is C12H20N4O2. The third kappa shape index (κ3) is 3.66. The summed E-state index contributed by atoms with van der Waals surface area (Å²) in [5.74, 6) is 0.564. The van der Waals surface area contributed by atoms with Crippen LogP contribution < -0.4 is 4.90 Å². The van der Waals surface area contributed by atoms with Gasteiger partial charge in [-0.3, -0.25) is 4.79 Å². The number of rotatable bonds is 6. The lowest BCUT2D eigenvalue weighted by atomic mass is 10.3. The Morgan fingerprint density at radius 2 is 2.06 bits per heavy atom. The Labute approximate surface area is 107 Å². The van der Waals surface area contributed by atoms with Crippen LogP contribution in [0.1, 0.15) is 23.8 Å². The monoisotopic (exact) mass is 252 g/mol. The van der Waals surface area contributed by atoms with Crippen LogP contribution in [-0.2, 0) is 0 Å². The Morgan fingerprint density at radius 1 is 1.33 bits per heavy atom. The molecule has 1 amide bonds. The molecule has 1 rings (SSSR count). The fraction of sp³-hybridized carbons (Fsp3) is 0.583. The van der Waals surface area contributed by atoms with Gasteiger partial charge in [0.05, 0.1) is 0 Å². The van der Waals surface area contributed by atoms with Gasteiger partial charge in [0.15, 0.2) is 11.5 Å². The van der Waals surface area contributed by atoms with Crippen molar-refractivity contribution in [1.29, 1.82) is 0 Å². The van der Waals surface area contributed by atoms with Crippen LogP contribution in [0.2, 0.25) is 0 Å². The molecule has 0 aliphatic carbocycles. The molecule has 0 radical (unpaired) electrons. The minimum Gasteiger partial charge on any atom is -0.396 e. The summed E-state index contributed by atoms with van der Waals surface area (Å²) in [4.78, 5) is 15.1. The van der Waals surface area contributed by atoms with E-state index in [-0.39, 0.29) is 12.5 Å². The third-order valence-corrected chi connectivity index (χ3v) is 2.57. The van der Waals surface area contributed by atoms with Gasteiger partial charge in [0.1, 0.15) is 0 Å². The largest absolute Gasteiger partial charge is 0.396 e. The van der Waals surface area contributed by atoms with Crippen molar-refractivity contribution in [3.63, 3.8) is 0 Å². The van der Waals surface area contributed by atoms with Crippen molar-refractivity contribution in [2.75, 3.05) is 38.7 Å². The number of aliphatic hydroxyl groups is 1. The van der Waals surface area contributed by atoms with Gasteiger partial charge in [-0.25, -0.2) is 0 Å². The van der Waals surface area contributed by atoms with Crippen LogP contribution in [0.15, 0.2) is 12.1 Å². The number of carbonyl (C=O) groups is 1. The van der Waals surface area contributed by atoms with E-state index < -0.39 is 0 Å². The van der Waals surface area contributed by atoms with Crippen molar-refractivity contribution < 1.29 is 9.90 Å². The first-order chi connectivity index (χ1) is 8.60. The summed E-state index contributed by atoms with van der Waals surface area (Å²) >= 11 is 0. The fourth-order valence-electron chi connectivity index (χ4n) is 1.53. The third-order valence-electron chi connectivity index (χ3n) is 2.57. The van der Waals surface area contributed by atoms with E-state index in [2.05, 4.69) is 10.2 Å². The Kier molecular flexibility index (Phi) is 5.51. The van der Waals surface area contributed by atoms with Crippen molar-refractivity contribution in [2.45, 2.75) is 13.3 Å². The first-order valence-corrected chi connectivity index (χ1v) is 6.01. The smallest absolute Gasteiger partial charge is 0.273 e.